The maximum Gasteiger partial charge on any atom is 0.349 e. The summed E-state index contributed by atoms with van der Waals surface area (Å²) < 4.78 is 25.3. The summed E-state index contributed by atoms with van der Waals surface area (Å²) in [6.07, 6.45) is -1.13. The average Bonchev–Trinajstić information content (AvgIpc) is 3.08. The molecule has 0 fully saturated rings. The number of nitriles is 1. The molecular formula is C21H16ClFN2O4S. The molecule has 1 N–H and O–H groups in total. The van der Waals surface area contributed by atoms with Crippen molar-refractivity contribution in [2.45, 2.75) is 19.6 Å². The summed E-state index contributed by atoms with van der Waals surface area (Å²) in [5.74, 6) is -1.79. The number of benzene rings is 2. The van der Waals surface area contributed by atoms with E-state index in [0.29, 0.717) is 21.3 Å². The summed E-state index contributed by atoms with van der Waals surface area (Å²) in [5, 5.41) is 12.0. The summed E-state index contributed by atoms with van der Waals surface area (Å²) in [7, 11) is 1.44. The molecule has 154 valence electrons. The van der Waals surface area contributed by atoms with Crippen LogP contribution in [0.5, 0.6) is 0 Å². The van der Waals surface area contributed by atoms with E-state index in [1.807, 2.05) is 6.07 Å². The SMILES string of the molecule is COCc1c(C(=O)OC(C)C(=O)Nc2ccc(C#N)c(Cl)c2)sc2cccc(F)c12. The second-order valence-electron chi connectivity index (χ2n) is 6.30. The molecule has 0 radical (unpaired) electrons. The van der Waals surface area contributed by atoms with Gasteiger partial charge in [0.2, 0.25) is 0 Å². The zero-order valence-electron chi connectivity index (χ0n) is 16.0. The molecule has 0 saturated heterocycles. The first-order valence-corrected chi connectivity index (χ1v) is 9.95. The van der Waals surface area contributed by atoms with Gasteiger partial charge >= 0.3 is 5.97 Å². The molecule has 3 aromatic rings. The van der Waals surface area contributed by atoms with Crippen LogP contribution < -0.4 is 5.32 Å². The van der Waals surface area contributed by atoms with E-state index in [-0.39, 0.29) is 22.1 Å². The third-order valence-electron chi connectivity index (χ3n) is 4.25. The fourth-order valence-corrected chi connectivity index (χ4v) is 4.14. The van der Waals surface area contributed by atoms with Crippen LogP contribution in [0.25, 0.3) is 10.1 Å². The van der Waals surface area contributed by atoms with Crippen LogP contribution in [0.3, 0.4) is 0 Å². The van der Waals surface area contributed by atoms with Crippen molar-refractivity contribution in [3.8, 4) is 6.07 Å². The monoisotopic (exact) mass is 446 g/mol. The number of methoxy groups -OCH3 is 1. The first-order chi connectivity index (χ1) is 14.3. The molecule has 9 heteroatoms. The summed E-state index contributed by atoms with van der Waals surface area (Å²) in [5.41, 5.74) is 1.01. The lowest BCUT2D eigenvalue weighted by atomic mass is 10.1. The van der Waals surface area contributed by atoms with Crippen LogP contribution in [-0.2, 0) is 20.9 Å². The fraction of sp³-hybridized carbons (Fsp3) is 0.190. The Bertz CT molecular complexity index is 1170. The Morgan fingerprint density at radius 1 is 1.33 bits per heavy atom. The highest BCUT2D eigenvalue weighted by molar-refractivity contribution is 7.21. The van der Waals surface area contributed by atoms with Gasteiger partial charge in [-0.05, 0) is 37.3 Å². The molecule has 1 unspecified atom stereocenters. The fourth-order valence-electron chi connectivity index (χ4n) is 2.81. The molecular weight excluding hydrogens is 431 g/mol. The molecule has 6 nitrogen and oxygen atoms in total. The molecule has 1 amide bonds. The average molecular weight is 447 g/mol. The van der Waals surface area contributed by atoms with E-state index in [2.05, 4.69) is 5.32 Å². The van der Waals surface area contributed by atoms with Gasteiger partial charge in [0.25, 0.3) is 5.91 Å². The number of esters is 1. The lowest BCUT2D eigenvalue weighted by Crippen LogP contribution is -2.30. The van der Waals surface area contributed by atoms with E-state index in [0.717, 1.165) is 11.3 Å². The Morgan fingerprint density at radius 2 is 2.10 bits per heavy atom. The third kappa shape index (κ3) is 4.44. The number of fused-ring (bicyclic) bond motifs is 1. The Labute approximate surface area is 180 Å². The van der Waals surface area contributed by atoms with Crippen molar-refractivity contribution in [1.82, 2.24) is 0 Å². The standard InChI is InChI=1S/C21H16ClFN2O4S/c1-11(20(26)25-13-7-6-12(9-24)15(22)8-13)29-21(27)19-14(10-28-2)18-16(23)4-3-5-17(18)30-19/h3-8,11H,10H2,1-2H3,(H,25,26). The zero-order valence-corrected chi connectivity index (χ0v) is 17.6. The number of rotatable bonds is 6. The topological polar surface area (TPSA) is 88.4 Å². The Kier molecular flexibility index (Phi) is 6.67. The van der Waals surface area contributed by atoms with Gasteiger partial charge in [-0.2, -0.15) is 5.26 Å². The highest BCUT2D eigenvalue weighted by Gasteiger charge is 2.25. The largest absolute Gasteiger partial charge is 0.448 e. The van der Waals surface area contributed by atoms with Crippen LogP contribution in [0.4, 0.5) is 10.1 Å². The van der Waals surface area contributed by atoms with Crippen molar-refractivity contribution in [3.63, 3.8) is 0 Å². The van der Waals surface area contributed by atoms with Crippen molar-refractivity contribution in [2.75, 3.05) is 12.4 Å². The van der Waals surface area contributed by atoms with Crippen LogP contribution in [0.15, 0.2) is 36.4 Å². The number of amides is 1. The van der Waals surface area contributed by atoms with E-state index in [4.69, 9.17) is 26.3 Å². The van der Waals surface area contributed by atoms with E-state index in [1.165, 1.54) is 38.3 Å². The highest BCUT2D eigenvalue weighted by Crippen LogP contribution is 2.34. The van der Waals surface area contributed by atoms with Gasteiger partial charge < -0.3 is 14.8 Å². The van der Waals surface area contributed by atoms with Gasteiger partial charge in [0.15, 0.2) is 6.10 Å². The van der Waals surface area contributed by atoms with Gasteiger partial charge in [-0.1, -0.05) is 17.7 Å². The number of carbonyl (C=O) groups is 2. The molecule has 0 aliphatic rings. The molecule has 2 aromatic carbocycles. The van der Waals surface area contributed by atoms with Crippen molar-refractivity contribution >= 4 is 50.6 Å². The number of carbonyl (C=O) groups excluding carboxylic acids is 2. The second-order valence-corrected chi connectivity index (χ2v) is 7.76. The minimum Gasteiger partial charge on any atom is -0.448 e. The van der Waals surface area contributed by atoms with Crippen molar-refractivity contribution in [2.24, 2.45) is 0 Å². The summed E-state index contributed by atoms with van der Waals surface area (Å²) in [6, 6.07) is 10.9. The lowest BCUT2D eigenvalue weighted by Gasteiger charge is -2.14. The smallest absolute Gasteiger partial charge is 0.349 e. The lowest BCUT2D eigenvalue weighted by molar-refractivity contribution is -0.123. The Hall–Kier alpha value is -2.99. The quantitative estimate of drug-likeness (QED) is 0.544. The summed E-state index contributed by atoms with van der Waals surface area (Å²) in [4.78, 5) is 25.3. The van der Waals surface area contributed by atoms with Crippen LogP contribution in [0.1, 0.15) is 27.7 Å². The predicted molar refractivity (Wildman–Crippen MR) is 112 cm³/mol. The molecule has 0 bridgehead atoms. The van der Waals surface area contributed by atoms with E-state index >= 15 is 0 Å². The number of anilines is 1. The Balaban J connectivity index is 1.78. The van der Waals surface area contributed by atoms with Gasteiger partial charge in [-0.25, -0.2) is 9.18 Å². The van der Waals surface area contributed by atoms with Crippen LogP contribution >= 0.6 is 22.9 Å². The van der Waals surface area contributed by atoms with Crippen LogP contribution in [0, 0.1) is 17.1 Å². The number of hydrogen-bond acceptors (Lipinski definition) is 6. The number of halogens is 2. The van der Waals surface area contributed by atoms with Crippen molar-refractivity contribution < 1.29 is 23.5 Å². The molecule has 0 aliphatic heterocycles. The molecule has 1 atom stereocenters. The first kappa shape index (κ1) is 21.7. The molecule has 0 aliphatic carbocycles. The highest BCUT2D eigenvalue weighted by atomic mass is 35.5. The number of thiophene rings is 1. The van der Waals surface area contributed by atoms with E-state index in [9.17, 15) is 14.0 Å². The van der Waals surface area contributed by atoms with Crippen LogP contribution in [-0.4, -0.2) is 25.1 Å². The molecule has 1 heterocycles. The third-order valence-corrected chi connectivity index (χ3v) is 5.74. The van der Waals surface area contributed by atoms with Gasteiger partial charge in [-0.3, -0.25) is 4.79 Å². The molecule has 0 spiro atoms. The maximum absolute atomic E-state index is 14.3. The van der Waals surface area contributed by atoms with Crippen molar-refractivity contribution in [3.05, 3.63) is 63.2 Å². The van der Waals surface area contributed by atoms with Gasteiger partial charge in [0.1, 0.15) is 16.8 Å². The van der Waals surface area contributed by atoms with Gasteiger partial charge in [0.05, 0.1) is 17.2 Å². The van der Waals surface area contributed by atoms with Crippen molar-refractivity contribution in [1.29, 1.82) is 5.26 Å². The molecule has 1 aromatic heterocycles. The van der Waals surface area contributed by atoms with Gasteiger partial charge in [0, 0.05) is 28.4 Å². The van der Waals surface area contributed by atoms with Crippen LogP contribution in [0.2, 0.25) is 5.02 Å². The van der Waals surface area contributed by atoms with Gasteiger partial charge in [-0.15, -0.1) is 11.3 Å². The maximum atomic E-state index is 14.3. The second kappa shape index (κ2) is 9.22. The Morgan fingerprint density at radius 3 is 2.77 bits per heavy atom. The predicted octanol–water partition coefficient (Wildman–Crippen LogP) is 4.90. The number of hydrogen-bond donors (Lipinski definition) is 1. The minimum atomic E-state index is -1.13. The summed E-state index contributed by atoms with van der Waals surface area (Å²) >= 11 is 7.03. The summed E-state index contributed by atoms with van der Waals surface area (Å²) in [6.45, 7) is 1.44. The zero-order chi connectivity index (χ0) is 21.8. The number of ether oxygens (including phenoxy) is 2. The molecule has 3 rings (SSSR count). The first-order valence-electron chi connectivity index (χ1n) is 8.76. The minimum absolute atomic E-state index is 0.0235. The van der Waals surface area contributed by atoms with E-state index < -0.39 is 23.8 Å². The van der Waals surface area contributed by atoms with E-state index in [1.54, 1.807) is 12.1 Å². The molecule has 0 saturated carbocycles. The number of nitrogens with one attached hydrogen (secondary N) is 1. The molecule has 30 heavy (non-hydrogen) atoms. The number of nitrogens with zero attached hydrogens (tertiary/aromatic N) is 1. The normalized spacial score (nSPS) is 11.7.